The maximum Gasteiger partial charge on any atom is 0.419 e. The number of amides is 1. The van der Waals surface area contributed by atoms with E-state index in [1.165, 1.54) is 12.3 Å². The fourth-order valence-electron chi connectivity index (χ4n) is 5.13. The lowest BCUT2D eigenvalue weighted by Crippen LogP contribution is -2.50. The van der Waals surface area contributed by atoms with Crippen LogP contribution in [0.15, 0.2) is 18.3 Å². The second-order valence-corrected chi connectivity index (χ2v) is 8.39. The minimum Gasteiger partial charge on any atom is -0.393 e. The highest BCUT2D eigenvalue weighted by molar-refractivity contribution is 5.86. The molecule has 0 bridgehead atoms. The first kappa shape index (κ1) is 19.5. The highest BCUT2D eigenvalue weighted by Gasteiger charge is 2.51. The summed E-state index contributed by atoms with van der Waals surface area (Å²) in [5.74, 6) is 0.00388. The molecule has 1 atom stereocenters. The Hall–Kier alpha value is -1.83. The highest BCUT2D eigenvalue weighted by atomic mass is 19.4. The van der Waals surface area contributed by atoms with Crippen molar-refractivity contribution in [3.05, 3.63) is 23.9 Å². The largest absolute Gasteiger partial charge is 0.419 e. The summed E-state index contributed by atoms with van der Waals surface area (Å²) in [5, 5.41) is 9.72. The molecule has 1 saturated carbocycles. The van der Waals surface area contributed by atoms with Gasteiger partial charge in [-0.05, 0) is 57.1 Å². The minimum absolute atomic E-state index is 0.0684. The zero-order valence-corrected chi connectivity index (χ0v) is 15.8. The molecule has 1 amide bonds. The molecule has 1 aliphatic carbocycles. The van der Waals surface area contributed by atoms with Crippen LogP contribution in [0.2, 0.25) is 0 Å². The lowest BCUT2D eigenvalue weighted by atomic mass is 9.78. The van der Waals surface area contributed by atoms with E-state index in [1.54, 1.807) is 4.90 Å². The van der Waals surface area contributed by atoms with Crippen LogP contribution in [0.4, 0.5) is 19.0 Å². The molecule has 28 heavy (non-hydrogen) atoms. The van der Waals surface area contributed by atoms with Crippen molar-refractivity contribution in [3.8, 4) is 0 Å². The minimum atomic E-state index is -4.47. The van der Waals surface area contributed by atoms with Crippen LogP contribution in [0.1, 0.15) is 50.5 Å². The van der Waals surface area contributed by atoms with E-state index in [0.717, 1.165) is 18.9 Å². The van der Waals surface area contributed by atoms with Crippen molar-refractivity contribution in [3.63, 3.8) is 0 Å². The third kappa shape index (κ3) is 3.47. The number of likely N-dealkylation sites (tertiary alicyclic amines) is 1. The predicted molar refractivity (Wildman–Crippen MR) is 97.7 cm³/mol. The van der Waals surface area contributed by atoms with Gasteiger partial charge in [-0.2, -0.15) is 13.2 Å². The van der Waals surface area contributed by atoms with Crippen molar-refractivity contribution in [2.75, 3.05) is 24.5 Å². The van der Waals surface area contributed by atoms with Crippen LogP contribution in [-0.4, -0.2) is 52.7 Å². The zero-order chi connectivity index (χ0) is 19.9. The molecule has 1 aromatic rings. The van der Waals surface area contributed by atoms with E-state index >= 15 is 0 Å². The summed E-state index contributed by atoms with van der Waals surface area (Å²) in [5.41, 5.74) is -1.36. The van der Waals surface area contributed by atoms with Crippen molar-refractivity contribution < 1.29 is 23.1 Å². The van der Waals surface area contributed by atoms with Crippen LogP contribution in [0.5, 0.6) is 0 Å². The molecule has 3 aliphatic rings. The number of aromatic nitrogens is 1. The molecule has 2 aliphatic heterocycles. The van der Waals surface area contributed by atoms with E-state index in [2.05, 4.69) is 4.98 Å². The van der Waals surface area contributed by atoms with Crippen LogP contribution in [0, 0.1) is 5.41 Å². The Kier molecular flexibility index (Phi) is 5.02. The van der Waals surface area contributed by atoms with E-state index in [4.69, 9.17) is 0 Å². The number of hydrogen-bond donors (Lipinski definition) is 1. The van der Waals surface area contributed by atoms with Gasteiger partial charge < -0.3 is 14.9 Å². The fourth-order valence-corrected chi connectivity index (χ4v) is 5.13. The molecule has 0 aromatic carbocycles. The van der Waals surface area contributed by atoms with Crippen LogP contribution >= 0.6 is 0 Å². The number of carbonyl (C=O) groups excluding carboxylic acids is 1. The smallest absolute Gasteiger partial charge is 0.393 e. The molecule has 8 heteroatoms. The summed E-state index contributed by atoms with van der Waals surface area (Å²) < 4.78 is 40.3. The van der Waals surface area contributed by atoms with E-state index < -0.39 is 17.2 Å². The fraction of sp³-hybridized carbons (Fsp3) is 0.700. The molecule has 5 nitrogen and oxygen atoms in total. The van der Waals surface area contributed by atoms with Gasteiger partial charge in [0.25, 0.3) is 0 Å². The number of aliphatic hydroxyl groups excluding tert-OH is 1. The summed E-state index contributed by atoms with van der Waals surface area (Å²) in [7, 11) is 0. The van der Waals surface area contributed by atoms with Gasteiger partial charge in [0.05, 0.1) is 17.1 Å². The number of anilines is 1. The lowest BCUT2D eigenvalue weighted by molar-refractivity contribution is -0.139. The number of halogens is 3. The van der Waals surface area contributed by atoms with Gasteiger partial charge in [-0.15, -0.1) is 0 Å². The third-order valence-corrected chi connectivity index (χ3v) is 6.62. The predicted octanol–water partition coefficient (Wildman–Crippen LogP) is 3.22. The molecule has 4 rings (SSSR count). The second kappa shape index (κ2) is 7.21. The second-order valence-electron chi connectivity index (χ2n) is 8.39. The molecule has 3 fully saturated rings. The summed E-state index contributed by atoms with van der Waals surface area (Å²) in [6.07, 6.45) is 1.70. The van der Waals surface area contributed by atoms with E-state index in [-0.39, 0.29) is 30.4 Å². The number of aliphatic hydroxyl groups is 1. The molecule has 2 saturated heterocycles. The van der Waals surface area contributed by atoms with Gasteiger partial charge in [0.1, 0.15) is 5.82 Å². The van der Waals surface area contributed by atoms with Gasteiger partial charge in [0.2, 0.25) is 5.91 Å². The lowest BCUT2D eigenvalue weighted by Gasteiger charge is -2.41. The standard InChI is InChI=1S/C20H26F3N3O2/c21-20(22,23)16-3-1-10-24-17(16)25-11-2-8-19(13-25)9-12-26(18(19)28)14-4-6-15(27)7-5-14/h1,3,10,14-15,27H,2,4-9,11-13H2/t14-,15-,19-/m1/s1. The summed E-state index contributed by atoms with van der Waals surface area (Å²) in [6.45, 7) is 1.42. The topological polar surface area (TPSA) is 56.7 Å². The molecular formula is C20H26F3N3O2. The average molecular weight is 397 g/mol. The molecule has 154 valence electrons. The molecule has 1 aromatic heterocycles. The van der Waals surface area contributed by atoms with Gasteiger partial charge in [0, 0.05) is 31.9 Å². The molecular weight excluding hydrogens is 371 g/mol. The van der Waals surface area contributed by atoms with Crippen molar-refractivity contribution in [1.82, 2.24) is 9.88 Å². The number of nitrogens with zero attached hydrogens (tertiary/aromatic N) is 3. The Balaban J connectivity index is 1.54. The monoisotopic (exact) mass is 397 g/mol. The van der Waals surface area contributed by atoms with Crippen molar-refractivity contribution >= 4 is 11.7 Å². The maximum atomic E-state index is 13.4. The molecule has 3 heterocycles. The summed E-state index contributed by atoms with van der Waals surface area (Å²) >= 11 is 0. The maximum absolute atomic E-state index is 13.4. The quantitative estimate of drug-likeness (QED) is 0.833. The van der Waals surface area contributed by atoms with Gasteiger partial charge in [0.15, 0.2) is 0 Å². The number of piperidine rings is 1. The Morgan fingerprint density at radius 3 is 2.61 bits per heavy atom. The average Bonchev–Trinajstić information content (AvgIpc) is 2.98. The number of hydrogen-bond acceptors (Lipinski definition) is 4. The van der Waals surface area contributed by atoms with Crippen LogP contribution < -0.4 is 4.90 Å². The van der Waals surface area contributed by atoms with E-state index in [1.807, 2.05) is 4.90 Å². The van der Waals surface area contributed by atoms with Gasteiger partial charge in [-0.25, -0.2) is 4.98 Å². The first-order valence-electron chi connectivity index (χ1n) is 10.1. The van der Waals surface area contributed by atoms with Crippen molar-refractivity contribution in [1.29, 1.82) is 0 Å². The molecule has 1 spiro atoms. The van der Waals surface area contributed by atoms with Crippen molar-refractivity contribution in [2.24, 2.45) is 5.41 Å². The summed E-state index contributed by atoms with van der Waals surface area (Å²) in [4.78, 5) is 20.9. The third-order valence-electron chi connectivity index (χ3n) is 6.62. The van der Waals surface area contributed by atoms with E-state index in [0.29, 0.717) is 45.2 Å². The number of carbonyl (C=O) groups is 1. The van der Waals surface area contributed by atoms with Crippen molar-refractivity contribution in [2.45, 2.75) is 63.3 Å². The Bertz CT molecular complexity index is 734. The van der Waals surface area contributed by atoms with Gasteiger partial charge in [-0.3, -0.25) is 4.79 Å². The zero-order valence-electron chi connectivity index (χ0n) is 15.8. The Morgan fingerprint density at radius 1 is 1.14 bits per heavy atom. The Labute approximate surface area is 162 Å². The SMILES string of the molecule is O=C1N([C@H]2CC[C@H](O)CC2)CC[C@@]12CCCN(c1ncccc1C(F)(F)F)C2. The van der Waals surface area contributed by atoms with Crippen LogP contribution in [0.3, 0.4) is 0 Å². The number of rotatable bonds is 2. The molecule has 1 N–H and O–H groups in total. The summed E-state index contributed by atoms with van der Waals surface area (Å²) in [6, 6.07) is 2.50. The van der Waals surface area contributed by atoms with Crippen LogP contribution in [-0.2, 0) is 11.0 Å². The number of pyridine rings is 1. The van der Waals surface area contributed by atoms with Crippen LogP contribution in [0.25, 0.3) is 0 Å². The molecule has 0 unspecified atom stereocenters. The van der Waals surface area contributed by atoms with Gasteiger partial charge in [-0.1, -0.05) is 0 Å². The first-order valence-corrected chi connectivity index (χ1v) is 10.1. The molecule has 0 radical (unpaired) electrons. The number of alkyl halides is 3. The Morgan fingerprint density at radius 2 is 1.89 bits per heavy atom. The first-order chi connectivity index (χ1) is 13.3. The normalized spacial score (nSPS) is 31.6. The van der Waals surface area contributed by atoms with Gasteiger partial charge >= 0.3 is 6.18 Å². The highest BCUT2D eigenvalue weighted by Crippen LogP contribution is 2.45. The van der Waals surface area contributed by atoms with E-state index in [9.17, 15) is 23.1 Å².